The zero-order valence-corrected chi connectivity index (χ0v) is 16.3. The second-order valence-electron chi connectivity index (χ2n) is 6.91. The van der Waals surface area contributed by atoms with E-state index in [0.29, 0.717) is 25.7 Å². The lowest BCUT2D eigenvalue weighted by Crippen LogP contribution is -2.47. The quantitative estimate of drug-likeness (QED) is 0.396. The van der Waals surface area contributed by atoms with E-state index in [1.54, 1.807) is 0 Å². The second-order valence-corrected chi connectivity index (χ2v) is 6.91. The second kappa shape index (κ2) is 8.95. The van der Waals surface area contributed by atoms with E-state index in [0.717, 1.165) is 17.0 Å². The van der Waals surface area contributed by atoms with E-state index in [2.05, 4.69) is 5.32 Å². The highest BCUT2D eigenvalue weighted by Crippen LogP contribution is 2.28. The molecule has 2 rings (SSSR count). The SMILES string of the molecule is CCCC1(CCC)NC(=O)N(CC(=O)O[C@H](C)C(=O)c2ccc(F)cc2)C1=O. The van der Waals surface area contributed by atoms with Gasteiger partial charge in [0.25, 0.3) is 5.91 Å². The maximum Gasteiger partial charge on any atom is 0.326 e. The predicted molar refractivity (Wildman–Crippen MR) is 99.1 cm³/mol. The molecule has 1 N–H and O–H groups in total. The molecule has 1 aromatic carbocycles. The van der Waals surface area contributed by atoms with Crippen LogP contribution in [0.25, 0.3) is 0 Å². The molecule has 1 aromatic rings. The van der Waals surface area contributed by atoms with Gasteiger partial charge in [0.15, 0.2) is 6.10 Å². The number of urea groups is 1. The van der Waals surface area contributed by atoms with E-state index in [1.807, 2.05) is 13.8 Å². The highest BCUT2D eigenvalue weighted by Gasteiger charge is 2.50. The van der Waals surface area contributed by atoms with Crippen LogP contribution in [0.3, 0.4) is 0 Å². The number of nitrogens with one attached hydrogen (secondary N) is 1. The fourth-order valence-corrected chi connectivity index (χ4v) is 3.40. The number of carbonyl (C=O) groups excluding carboxylic acids is 4. The summed E-state index contributed by atoms with van der Waals surface area (Å²) in [5.74, 6) is -2.30. The summed E-state index contributed by atoms with van der Waals surface area (Å²) in [7, 11) is 0. The maximum absolute atomic E-state index is 13.0. The summed E-state index contributed by atoms with van der Waals surface area (Å²) in [6.45, 7) is 4.64. The van der Waals surface area contributed by atoms with Crippen molar-refractivity contribution in [1.82, 2.24) is 10.2 Å². The molecule has 1 aliphatic rings. The van der Waals surface area contributed by atoms with Gasteiger partial charge in [-0.15, -0.1) is 0 Å². The molecule has 8 heteroatoms. The lowest BCUT2D eigenvalue weighted by Gasteiger charge is -2.25. The summed E-state index contributed by atoms with van der Waals surface area (Å²) < 4.78 is 18.0. The van der Waals surface area contributed by atoms with Crippen molar-refractivity contribution in [2.24, 2.45) is 0 Å². The van der Waals surface area contributed by atoms with Crippen LogP contribution < -0.4 is 5.32 Å². The van der Waals surface area contributed by atoms with E-state index < -0.39 is 47.7 Å². The van der Waals surface area contributed by atoms with E-state index in [-0.39, 0.29) is 5.56 Å². The van der Waals surface area contributed by atoms with Crippen LogP contribution in [0.5, 0.6) is 0 Å². The van der Waals surface area contributed by atoms with Crippen LogP contribution in [0.15, 0.2) is 24.3 Å². The number of carbonyl (C=O) groups is 4. The zero-order chi connectivity index (χ0) is 20.9. The van der Waals surface area contributed by atoms with Crippen LogP contribution in [0, 0.1) is 5.82 Å². The number of imide groups is 1. The maximum atomic E-state index is 13.0. The Morgan fingerprint density at radius 3 is 2.25 bits per heavy atom. The standard InChI is InChI=1S/C20H25FN2O5/c1-4-10-20(11-5-2)18(26)23(19(27)22-20)12-16(24)28-13(3)17(25)14-6-8-15(21)9-7-14/h6-9,13H,4-5,10-12H2,1-3H3,(H,22,27)/t13-/m1/s1. The number of benzene rings is 1. The number of amides is 3. The minimum absolute atomic E-state index is 0.196. The number of ether oxygens (including phenoxy) is 1. The van der Waals surface area contributed by atoms with Crippen molar-refractivity contribution in [2.45, 2.75) is 58.1 Å². The number of halogens is 1. The largest absolute Gasteiger partial charge is 0.453 e. The minimum Gasteiger partial charge on any atom is -0.453 e. The molecular weight excluding hydrogens is 367 g/mol. The molecule has 0 bridgehead atoms. The zero-order valence-electron chi connectivity index (χ0n) is 16.3. The summed E-state index contributed by atoms with van der Waals surface area (Å²) in [6, 6.07) is 4.22. The smallest absolute Gasteiger partial charge is 0.326 e. The van der Waals surface area contributed by atoms with Crippen molar-refractivity contribution in [1.29, 1.82) is 0 Å². The van der Waals surface area contributed by atoms with Gasteiger partial charge in [0, 0.05) is 5.56 Å². The van der Waals surface area contributed by atoms with Crippen LogP contribution in [-0.2, 0) is 14.3 Å². The van der Waals surface area contributed by atoms with Crippen LogP contribution in [-0.4, -0.2) is 46.8 Å². The monoisotopic (exact) mass is 392 g/mol. The molecule has 7 nitrogen and oxygen atoms in total. The number of hydrogen-bond donors (Lipinski definition) is 1. The Labute approximate surface area is 163 Å². The topological polar surface area (TPSA) is 92.8 Å². The Balaban J connectivity index is 2.01. The van der Waals surface area contributed by atoms with Gasteiger partial charge in [0.05, 0.1) is 0 Å². The summed E-state index contributed by atoms with van der Waals surface area (Å²) in [6.07, 6.45) is 1.24. The molecule has 0 aliphatic carbocycles. The van der Waals surface area contributed by atoms with Gasteiger partial charge >= 0.3 is 12.0 Å². The van der Waals surface area contributed by atoms with Crippen LogP contribution in [0.4, 0.5) is 9.18 Å². The third kappa shape index (κ3) is 4.55. The van der Waals surface area contributed by atoms with Crippen LogP contribution in [0.1, 0.15) is 56.8 Å². The summed E-state index contributed by atoms with van der Waals surface area (Å²) in [5.41, 5.74) is -0.794. The van der Waals surface area contributed by atoms with Gasteiger partial charge in [-0.25, -0.2) is 9.18 Å². The first-order valence-electron chi connectivity index (χ1n) is 9.37. The van der Waals surface area contributed by atoms with Gasteiger partial charge in [-0.1, -0.05) is 26.7 Å². The Morgan fingerprint density at radius 1 is 1.14 bits per heavy atom. The fraction of sp³-hybridized carbons (Fsp3) is 0.500. The first-order valence-corrected chi connectivity index (χ1v) is 9.37. The molecular formula is C20H25FN2O5. The molecule has 0 saturated carbocycles. The Hall–Kier alpha value is -2.77. The normalized spacial score (nSPS) is 16.6. The van der Waals surface area contributed by atoms with Gasteiger partial charge in [0.2, 0.25) is 5.78 Å². The van der Waals surface area contributed by atoms with Gasteiger partial charge < -0.3 is 10.1 Å². The number of nitrogens with zero attached hydrogens (tertiary/aromatic N) is 1. The average Bonchev–Trinajstić information content (AvgIpc) is 2.86. The Kier molecular flexibility index (Phi) is 6.88. The lowest BCUT2D eigenvalue weighted by molar-refractivity contribution is -0.150. The van der Waals surface area contributed by atoms with Crippen LogP contribution >= 0.6 is 0 Å². The summed E-state index contributed by atoms with van der Waals surface area (Å²) in [4.78, 5) is 50.3. The Morgan fingerprint density at radius 2 is 1.71 bits per heavy atom. The summed E-state index contributed by atoms with van der Waals surface area (Å²) in [5, 5.41) is 2.71. The van der Waals surface area contributed by atoms with E-state index in [9.17, 15) is 23.6 Å². The van der Waals surface area contributed by atoms with Gasteiger partial charge in [-0.2, -0.15) is 0 Å². The minimum atomic E-state index is -1.13. The number of hydrogen-bond acceptors (Lipinski definition) is 5. The van der Waals surface area contributed by atoms with Crippen molar-refractivity contribution < 1.29 is 28.3 Å². The van der Waals surface area contributed by atoms with E-state index >= 15 is 0 Å². The van der Waals surface area contributed by atoms with Gasteiger partial charge in [0.1, 0.15) is 17.9 Å². The average molecular weight is 392 g/mol. The molecule has 0 spiro atoms. The molecule has 0 radical (unpaired) electrons. The van der Waals surface area contributed by atoms with Gasteiger partial charge in [-0.3, -0.25) is 19.3 Å². The molecule has 3 amide bonds. The highest BCUT2D eigenvalue weighted by atomic mass is 19.1. The number of rotatable bonds is 9. The van der Waals surface area contributed by atoms with E-state index in [1.165, 1.54) is 19.1 Å². The third-order valence-electron chi connectivity index (χ3n) is 4.69. The molecule has 1 aliphatic heterocycles. The molecule has 0 unspecified atom stereocenters. The molecule has 0 aromatic heterocycles. The molecule has 1 saturated heterocycles. The number of Topliss-reactive ketones (excluding diaryl/α,β-unsaturated/α-hetero) is 1. The fourth-order valence-electron chi connectivity index (χ4n) is 3.40. The number of esters is 1. The van der Waals surface area contributed by atoms with Crippen molar-refractivity contribution in [3.8, 4) is 0 Å². The van der Waals surface area contributed by atoms with Crippen molar-refractivity contribution in [2.75, 3.05) is 6.54 Å². The molecule has 152 valence electrons. The highest BCUT2D eigenvalue weighted by molar-refractivity contribution is 6.09. The molecule has 28 heavy (non-hydrogen) atoms. The summed E-state index contributed by atoms with van der Waals surface area (Å²) >= 11 is 0. The molecule has 1 fully saturated rings. The number of ketones is 1. The van der Waals surface area contributed by atoms with Crippen LogP contribution in [0.2, 0.25) is 0 Å². The molecule has 1 atom stereocenters. The van der Waals surface area contributed by atoms with Crippen molar-refractivity contribution >= 4 is 23.7 Å². The van der Waals surface area contributed by atoms with E-state index in [4.69, 9.17) is 4.74 Å². The third-order valence-corrected chi connectivity index (χ3v) is 4.69. The Bertz CT molecular complexity index is 756. The van der Waals surface area contributed by atoms with Crippen molar-refractivity contribution in [3.05, 3.63) is 35.6 Å². The van der Waals surface area contributed by atoms with Crippen molar-refractivity contribution in [3.63, 3.8) is 0 Å². The first kappa shape index (κ1) is 21.5. The lowest BCUT2D eigenvalue weighted by atomic mass is 9.88. The van der Waals surface area contributed by atoms with Gasteiger partial charge in [-0.05, 0) is 44.0 Å². The predicted octanol–water partition coefficient (Wildman–Crippen LogP) is 2.83. The first-order chi connectivity index (χ1) is 13.2. The molecule has 1 heterocycles.